The third-order valence-corrected chi connectivity index (χ3v) is 5.50. The Morgan fingerprint density at radius 2 is 2.00 bits per heavy atom. The molecule has 8 heteroatoms. The molecule has 0 spiro atoms. The van der Waals surface area contributed by atoms with Crippen molar-refractivity contribution in [3.05, 3.63) is 11.6 Å². The highest BCUT2D eigenvalue weighted by atomic mass is 32.1. The Bertz CT molecular complexity index is 717. The summed E-state index contributed by atoms with van der Waals surface area (Å²) in [6.07, 6.45) is 5.04. The second-order valence-electron chi connectivity index (χ2n) is 6.31. The molecule has 0 radical (unpaired) electrons. The molecule has 1 amide bonds. The van der Waals surface area contributed by atoms with Crippen LogP contribution >= 0.6 is 11.5 Å². The van der Waals surface area contributed by atoms with Crippen molar-refractivity contribution in [2.75, 3.05) is 13.1 Å². The summed E-state index contributed by atoms with van der Waals surface area (Å²) in [4.78, 5) is 19.1. The quantitative estimate of drug-likeness (QED) is 0.836. The number of amides is 1. The predicted molar refractivity (Wildman–Crippen MR) is 85.9 cm³/mol. The van der Waals surface area contributed by atoms with Gasteiger partial charge in [0.1, 0.15) is 11.6 Å². The second kappa shape index (κ2) is 5.99. The fraction of sp³-hybridized carbons (Fsp3) is 0.667. The molecule has 1 atom stereocenters. The molecule has 2 aromatic rings. The Morgan fingerprint density at radius 1 is 1.17 bits per heavy atom. The normalized spacial score (nSPS) is 21.3. The average molecular weight is 332 g/mol. The third-order valence-electron chi connectivity index (χ3n) is 4.69. The Balaban J connectivity index is 1.52. The van der Waals surface area contributed by atoms with E-state index in [9.17, 15) is 4.79 Å². The highest BCUT2D eigenvalue weighted by Crippen LogP contribution is 2.28. The molecule has 23 heavy (non-hydrogen) atoms. The van der Waals surface area contributed by atoms with E-state index < -0.39 is 0 Å². The molecule has 122 valence electrons. The van der Waals surface area contributed by atoms with Crippen LogP contribution in [0.1, 0.15) is 37.3 Å². The summed E-state index contributed by atoms with van der Waals surface area (Å²) in [6.45, 7) is 4.48. The first kappa shape index (κ1) is 14.7. The zero-order valence-electron chi connectivity index (χ0n) is 13.2. The van der Waals surface area contributed by atoms with Crippen molar-refractivity contribution in [1.82, 2.24) is 29.0 Å². The largest absolute Gasteiger partial charge is 0.342 e. The number of likely N-dealkylation sites (tertiary alicyclic amines) is 1. The fourth-order valence-electron chi connectivity index (χ4n) is 3.46. The van der Waals surface area contributed by atoms with E-state index in [2.05, 4.69) is 24.1 Å². The molecular weight excluding hydrogens is 312 g/mol. The van der Waals surface area contributed by atoms with Crippen LogP contribution in [0.3, 0.4) is 0 Å². The van der Waals surface area contributed by atoms with E-state index >= 15 is 0 Å². The smallest absolute Gasteiger partial charge is 0.226 e. The zero-order chi connectivity index (χ0) is 15.8. The van der Waals surface area contributed by atoms with Crippen molar-refractivity contribution in [2.24, 2.45) is 5.92 Å². The number of carbonyl (C=O) groups is 1. The van der Waals surface area contributed by atoms with Gasteiger partial charge in [-0.2, -0.15) is 4.37 Å². The lowest BCUT2D eigenvalue weighted by atomic mass is 9.95. The van der Waals surface area contributed by atoms with Gasteiger partial charge >= 0.3 is 0 Å². The lowest BCUT2D eigenvalue weighted by Crippen LogP contribution is -2.42. The van der Waals surface area contributed by atoms with Gasteiger partial charge in [-0.3, -0.25) is 4.79 Å². The molecule has 0 N–H and O–H groups in total. The SMILES string of the molecule is Cc1nsc(-c2nnc3n2CCC(C(=O)N2CCCCC2)C3)n1. The van der Waals surface area contributed by atoms with E-state index in [4.69, 9.17) is 0 Å². The number of fused-ring (bicyclic) bond motifs is 1. The van der Waals surface area contributed by atoms with Crippen LogP contribution in [0.15, 0.2) is 0 Å². The molecule has 7 nitrogen and oxygen atoms in total. The van der Waals surface area contributed by atoms with Gasteiger partial charge in [-0.1, -0.05) is 0 Å². The maximum atomic E-state index is 12.7. The predicted octanol–water partition coefficient (Wildman–Crippen LogP) is 1.68. The Kier molecular flexibility index (Phi) is 3.84. The van der Waals surface area contributed by atoms with Crippen molar-refractivity contribution >= 4 is 17.4 Å². The van der Waals surface area contributed by atoms with Gasteiger partial charge in [0.15, 0.2) is 10.8 Å². The van der Waals surface area contributed by atoms with Gasteiger partial charge in [0.25, 0.3) is 0 Å². The van der Waals surface area contributed by atoms with E-state index in [1.54, 1.807) is 0 Å². The highest BCUT2D eigenvalue weighted by molar-refractivity contribution is 7.09. The Hall–Kier alpha value is -1.83. The van der Waals surface area contributed by atoms with Gasteiger partial charge in [-0.15, -0.1) is 10.2 Å². The van der Waals surface area contributed by atoms with Crippen molar-refractivity contribution < 1.29 is 4.79 Å². The summed E-state index contributed by atoms with van der Waals surface area (Å²) in [6, 6.07) is 0. The van der Waals surface area contributed by atoms with Crippen molar-refractivity contribution in [1.29, 1.82) is 0 Å². The summed E-state index contributed by atoms with van der Waals surface area (Å²) in [5.41, 5.74) is 0. The van der Waals surface area contributed by atoms with Crippen molar-refractivity contribution in [3.8, 4) is 10.8 Å². The first-order valence-electron chi connectivity index (χ1n) is 8.24. The van der Waals surface area contributed by atoms with Crippen LogP contribution in [-0.4, -0.2) is 48.0 Å². The number of aromatic nitrogens is 5. The van der Waals surface area contributed by atoms with E-state index in [0.717, 1.165) is 61.4 Å². The van der Waals surface area contributed by atoms with Gasteiger partial charge in [0.05, 0.1) is 0 Å². The minimum absolute atomic E-state index is 0.0498. The van der Waals surface area contributed by atoms with Gasteiger partial charge in [0, 0.05) is 32.0 Å². The van der Waals surface area contributed by atoms with E-state index in [1.807, 2.05) is 11.8 Å². The monoisotopic (exact) mass is 332 g/mol. The molecule has 2 aliphatic rings. The van der Waals surface area contributed by atoms with Crippen LogP contribution in [0.4, 0.5) is 0 Å². The Labute approximate surface area is 138 Å². The van der Waals surface area contributed by atoms with Crippen LogP contribution < -0.4 is 0 Å². The number of aryl methyl sites for hydroxylation is 1. The average Bonchev–Trinajstić information content (AvgIpc) is 3.20. The molecule has 4 heterocycles. The maximum Gasteiger partial charge on any atom is 0.226 e. The maximum absolute atomic E-state index is 12.7. The molecule has 4 rings (SSSR count). The Morgan fingerprint density at radius 3 is 2.74 bits per heavy atom. The second-order valence-corrected chi connectivity index (χ2v) is 7.07. The fourth-order valence-corrected chi connectivity index (χ4v) is 4.12. The van der Waals surface area contributed by atoms with Gasteiger partial charge in [-0.05, 0) is 44.1 Å². The number of rotatable bonds is 2. The minimum atomic E-state index is 0.0498. The van der Waals surface area contributed by atoms with Crippen LogP contribution in [-0.2, 0) is 17.8 Å². The lowest BCUT2D eigenvalue weighted by molar-refractivity contribution is -0.137. The number of hydrogen-bond donors (Lipinski definition) is 0. The first-order chi connectivity index (χ1) is 11.2. The van der Waals surface area contributed by atoms with Crippen molar-refractivity contribution in [3.63, 3.8) is 0 Å². The molecule has 0 saturated carbocycles. The molecule has 0 aliphatic carbocycles. The van der Waals surface area contributed by atoms with Crippen LogP contribution in [0.25, 0.3) is 10.8 Å². The number of hydrogen-bond acceptors (Lipinski definition) is 6. The minimum Gasteiger partial charge on any atom is -0.342 e. The zero-order valence-corrected chi connectivity index (χ0v) is 14.1. The third kappa shape index (κ3) is 2.75. The van der Waals surface area contributed by atoms with Gasteiger partial charge in [-0.25, -0.2) is 4.98 Å². The van der Waals surface area contributed by atoms with Crippen molar-refractivity contribution in [2.45, 2.75) is 45.6 Å². The molecule has 1 saturated heterocycles. The van der Waals surface area contributed by atoms with Crippen LogP contribution in [0.5, 0.6) is 0 Å². The molecule has 1 unspecified atom stereocenters. The number of nitrogens with zero attached hydrogens (tertiary/aromatic N) is 6. The van der Waals surface area contributed by atoms with Crippen LogP contribution in [0.2, 0.25) is 0 Å². The summed E-state index contributed by atoms with van der Waals surface area (Å²) in [7, 11) is 0. The highest BCUT2D eigenvalue weighted by Gasteiger charge is 2.31. The first-order valence-corrected chi connectivity index (χ1v) is 9.01. The van der Waals surface area contributed by atoms with E-state index in [1.165, 1.54) is 18.0 Å². The lowest BCUT2D eigenvalue weighted by Gasteiger charge is -2.32. The molecule has 2 aromatic heterocycles. The molecule has 2 aliphatic heterocycles. The summed E-state index contributed by atoms with van der Waals surface area (Å²) in [5, 5.41) is 9.39. The molecular formula is C15H20N6OS. The molecule has 0 bridgehead atoms. The summed E-state index contributed by atoms with van der Waals surface area (Å²) < 4.78 is 6.31. The molecule has 1 fully saturated rings. The van der Waals surface area contributed by atoms with Gasteiger partial charge < -0.3 is 9.47 Å². The topological polar surface area (TPSA) is 76.8 Å². The van der Waals surface area contributed by atoms with Gasteiger partial charge in [0.2, 0.25) is 5.91 Å². The standard InChI is InChI=1S/C15H20N6OS/c1-10-16-14(23-19-10)13-18-17-12-9-11(5-8-21(12)13)15(22)20-6-3-2-4-7-20/h11H,2-9H2,1H3. The number of piperidine rings is 1. The summed E-state index contributed by atoms with van der Waals surface area (Å²) >= 11 is 1.35. The summed E-state index contributed by atoms with van der Waals surface area (Å²) in [5.74, 6) is 2.79. The van der Waals surface area contributed by atoms with E-state index in [-0.39, 0.29) is 5.92 Å². The molecule has 0 aromatic carbocycles. The van der Waals surface area contributed by atoms with E-state index in [0.29, 0.717) is 12.3 Å². The number of carbonyl (C=O) groups excluding carboxylic acids is 1. The van der Waals surface area contributed by atoms with Crippen LogP contribution in [0, 0.1) is 12.8 Å².